The van der Waals surface area contributed by atoms with Crippen LogP contribution >= 0.6 is 0 Å². The second kappa shape index (κ2) is 5.15. The molecule has 5 aliphatic rings. The average molecular weight is 343 g/mol. The van der Waals surface area contributed by atoms with Gasteiger partial charge in [-0.05, 0) is 91.9 Å². The molecule has 2 heteroatoms. The van der Waals surface area contributed by atoms with Gasteiger partial charge in [0.25, 0.3) is 0 Å². The summed E-state index contributed by atoms with van der Waals surface area (Å²) in [6, 6.07) is 0. The molecule has 0 bridgehead atoms. The molecule has 2 nitrogen and oxygen atoms in total. The third-order valence-corrected chi connectivity index (χ3v) is 9.44. The Morgan fingerprint density at radius 1 is 1.36 bits per heavy atom. The van der Waals surface area contributed by atoms with Crippen LogP contribution in [0, 0.1) is 40.4 Å². The molecule has 0 aromatic heterocycles. The van der Waals surface area contributed by atoms with Crippen molar-refractivity contribution in [3.63, 3.8) is 0 Å². The zero-order valence-electron chi connectivity index (χ0n) is 16.3. The van der Waals surface area contributed by atoms with E-state index in [0.29, 0.717) is 16.7 Å². The number of aliphatic hydroxyl groups excluding tert-OH is 1. The molecule has 5 aliphatic carbocycles. The molecule has 1 spiro atoms. The van der Waals surface area contributed by atoms with E-state index in [1.807, 2.05) is 14.0 Å². The number of ether oxygens (including phenoxy) is 1. The molecule has 5 rings (SSSR count). The van der Waals surface area contributed by atoms with E-state index in [4.69, 9.17) is 4.74 Å². The minimum Gasteiger partial charge on any atom is -0.501 e. The van der Waals surface area contributed by atoms with Crippen molar-refractivity contribution in [1.82, 2.24) is 0 Å². The van der Waals surface area contributed by atoms with Crippen LogP contribution < -0.4 is 0 Å². The first kappa shape index (κ1) is 16.4. The fourth-order valence-electron chi connectivity index (χ4n) is 8.53. The van der Waals surface area contributed by atoms with Gasteiger partial charge in [0.15, 0.2) is 0 Å². The standard InChI is InChI=1S/C23H34O2/c1-13-9-15-10-17(25-4)5-6-18(15)19-7-8-22(3)20(14(2)24)11-16-12-23(16,22)21(13)19/h5,13-14,16,19-21,24H,6-12H2,1-4H3/t13-,14-,16+,19-,20+,21-,22-,23-/m1/s1. The third-order valence-electron chi connectivity index (χ3n) is 9.44. The Bertz CT molecular complexity index is 659. The minimum atomic E-state index is -0.137. The Hall–Kier alpha value is -0.760. The number of hydrogen-bond donors (Lipinski definition) is 1. The molecule has 0 aromatic rings. The van der Waals surface area contributed by atoms with Gasteiger partial charge < -0.3 is 9.84 Å². The molecule has 0 aromatic carbocycles. The molecule has 0 saturated heterocycles. The summed E-state index contributed by atoms with van der Waals surface area (Å²) in [4.78, 5) is 0. The van der Waals surface area contributed by atoms with Crippen LogP contribution in [0.4, 0.5) is 0 Å². The summed E-state index contributed by atoms with van der Waals surface area (Å²) in [5.41, 5.74) is 4.41. The summed E-state index contributed by atoms with van der Waals surface area (Å²) in [6.07, 6.45) is 11.1. The molecular formula is C23H34O2. The first-order valence-corrected chi connectivity index (χ1v) is 10.5. The molecule has 25 heavy (non-hydrogen) atoms. The highest BCUT2D eigenvalue weighted by molar-refractivity contribution is 5.37. The Labute approximate surface area is 152 Å². The summed E-state index contributed by atoms with van der Waals surface area (Å²) in [7, 11) is 1.82. The zero-order valence-corrected chi connectivity index (χ0v) is 16.3. The Balaban J connectivity index is 1.52. The number of fused-ring (bicyclic) bond motifs is 2. The van der Waals surface area contributed by atoms with Crippen LogP contribution in [0.15, 0.2) is 23.0 Å². The molecule has 0 amide bonds. The maximum absolute atomic E-state index is 10.5. The van der Waals surface area contributed by atoms with Crippen LogP contribution in [0.1, 0.15) is 65.7 Å². The maximum Gasteiger partial charge on any atom is 0.0959 e. The van der Waals surface area contributed by atoms with Gasteiger partial charge >= 0.3 is 0 Å². The quantitative estimate of drug-likeness (QED) is 0.709. The van der Waals surface area contributed by atoms with Crippen LogP contribution in [0.5, 0.6) is 0 Å². The van der Waals surface area contributed by atoms with Crippen LogP contribution in [-0.2, 0) is 4.74 Å². The predicted molar refractivity (Wildman–Crippen MR) is 99.8 cm³/mol. The van der Waals surface area contributed by atoms with Crippen LogP contribution in [0.25, 0.3) is 0 Å². The summed E-state index contributed by atoms with van der Waals surface area (Å²) >= 11 is 0. The Morgan fingerprint density at radius 3 is 2.88 bits per heavy atom. The SMILES string of the molecule is COC1=CCC2=C(C1)C[C@@H](C)[C@@H]1[C@@H]2CC[C@]2(C)[C@H]([C@@H](C)O)C[C@H]3C[C@@]312. The molecular weight excluding hydrogens is 308 g/mol. The number of allylic oxidation sites excluding steroid dienone is 3. The Morgan fingerprint density at radius 2 is 2.16 bits per heavy atom. The van der Waals surface area contributed by atoms with Gasteiger partial charge in [-0.1, -0.05) is 25.0 Å². The first-order valence-electron chi connectivity index (χ1n) is 10.5. The monoisotopic (exact) mass is 342 g/mol. The summed E-state index contributed by atoms with van der Waals surface area (Å²) in [6.45, 7) is 7.12. The first-order chi connectivity index (χ1) is 11.9. The largest absolute Gasteiger partial charge is 0.501 e. The van der Waals surface area contributed by atoms with Gasteiger partial charge in [-0.3, -0.25) is 0 Å². The van der Waals surface area contributed by atoms with Gasteiger partial charge in [-0.2, -0.15) is 0 Å². The van der Waals surface area contributed by atoms with Crippen LogP contribution in [0.2, 0.25) is 0 Å². The fraction of sp³-hybridized carbons (Fsp3) is 0.826. The normalized spacial score (nSPS) is 51.7. The van der Waals surface area contributed by atoms with Gasteiger partial charge in [0.1, 0.15) is 0 Å². The number of aliphatic hydroxyl groups is 1. The molecule has 3 fully saturated rings. The van der Waals surface area contributed by atoms with E-state index in [0.717, 1.165) is 36.5 Å². The minimum absolute atomic E-state index is 0.137. The molecule has 0 radical (unpaired) electrons. The van der Waals surface area contributed by atoms with Crippen molar-refractivity contribution in [2.24, 2.45) is 40.4 Å². The zero-order chi connectivity index (χ0) is 17.6. The van der Waals surface area contributed by atoms with Gasteiger partial charge in [0.2, 0.25) is 0 Å². The van der Waals surface area contributed by atoms with E-state index >= 15 is 0 Å². The van der Waals surface area contributed by atoms with Crippen molar-refractivity contribution in [1.29, 1.82) is 0 Å². The van der Waals surface area contributed by atoms with Crippen molar-refractivity contribution in [2.75, 3.05) is 7.11 Å². The molecule has 138 valence electrons. The lowest BCUT2D eigenvalue weighted by atomic mass is 9.48. The second-order valence-corrected chi connectivity index (χ2v) is 10.2. The maximum atomic E-state index is 10.5. The van der Waals surface area contributed by atoms with E-state index in [-0.39, 0.29) is 6.10 Å². The van der Waals surface area contributed by atoms with Crippen molar-refractivity contribution in [2.45, 2.75) is 71.8 Å². The van der Waals surface area contributed by atoms with E-state index < -0.39 is 0 Å². The van der Waals surface area contributed by atoms with Crippen molar-refractivity contribution < 1.29 is 9.84 Å². The highest BCUT2D eigenvalue weighted by atomic mass is 16.5. The third kappa shape index (κ3) is 1.90. The summed E-state index contributed by atoms with van der Waals surface area (Å²) in [5, 5.41) is 10.5. The van der Waals surface area contributed by atoms with Crippen LogP contribution in [0.3, 0.4) is 0 Å². The number of rotatable bonds is 2. The Kier molecular flexibility index (Phi) is 3.38. The van der Waals surface area contributed by atoms with Gasteiger partial charge in [0, 0.05) is 6.42 Å². The topological polar surface area (TPSA) is 29.5 Å². The van der Waals surface area contributed by atoms with Crippen molar-refractivity contribution >= 4 is 0 Å². The average Bonchev–Trinajstić information content (AvgIpc) is 3.23. The number of methoxy groups -OCH3 is 1. The summed E-state index contributed by atoms with van der Waals surface area (Å²) in [5.74, 6) is 5.06. The van der Waals surface area contributed by atoms with Gasteiger partial charge in [-0.25, -0.2) is 0 Å². The molecule has 0 heterocycles. The van der Waals surface area contributed by atoms with Gasteiger partial charge in [-0.15, -0.1) is 0 Å². The van der Waals surface area contributed by atoms with Crippen LogP contribution in [-0.4, -0.2) is 18.3 Å². The molecule has 0 aliphatic heterocycles. The van der Waals surface area contributed by atoms with Crippen molar-refractivity contribution in [3.05, 3.63) is 23.0 Å². The molecule has 3 saturated carbocycles. The second-order valence-electron chi connectivity index (χ2n) is 10.2. The van der Waals surface area contributed by atoms with Crippen molar-refractivity contribution in [3.8, 4) is 0 Å². The highest BCUT2D eigenvalue weighted by Gasteiger charge is 2.77. The molecule has 0 unspecified atom stereocenters. The predicted octanol–water partition coefficient (Wildman–Crippen LogP) is 5.09. The number of hydrogen-bond acceptors (Lipinski definition) is 2. The molecule has 8 atom stereocenters. The van der Waals surface area contributed by atoms with E-state index in [2.05, 4.69) is 19.9 Å². The molecule has 1 N–H and O–H groups in total. The fourth-order valence-corrected chi connectivity index (χ4v) is 8.53. The van der Waals surface area contributed by atoms with E-state index in [9.17, 15) is 5.11 Å². The smallest absolute Gasteiger partial charge is 0.0959 e. The summed E-state index contributed by atoms with van der Waals surface area (Å²) < 4.78 is 5.56. The lowest BCUT2D eigenvalue weighted by Gasteiger charge is -2.57. The van der Waals surface area contributed by atoms with E-state index in [1.54, 1.807) is 11.1 Å². The van der Waals surface area contributed by atoms with Gasteiger partial charge in [0.05, 0.1) is 19.0 Å². The van der Waals surface area contributed by atoms with E-state index in [1.165, 1.54) is 37.9 Å². The highest BCUT2D eigenvalue weighted by Crippen LogP contribution is 2.83. The lowest BCUT2D eigenvalue weighted by Crippen LogP contribution is -2.51. The lowest BCUT2D eigenvalue weighted by molar-refractivity contribution is -0.0729.